The molecule has 1 amide bonds. The van der Waals surface area contributed by atoms with Crippen LogP contribution in [-0.4, -0.2) is 19.0 Å². The number of carbonyl (C=O) groups is 1. The fourth-order valence-corrected chi connectivity index (χ4v) is 1.24. The van der Waals surface area contributed by atoms with Gasteiger partial charge >= 0.3 is 0 Å². The molecule has 0 spiro atoms. The molecule has 0 unspecified atom stereocenters. The fraction of sp³-hybridized carbons (Fsp3) is 0.300. The molecule has 1 aromatic rings. The van der Waals surface area contributed by atoms with Crippen molar-refractivity contribution < 1.29 is 9.18 Å². The van der Waals surface area contributed by atoms with Gasteiger partial charge in [-0.1, -0.05) is 11.6 Å². The van der Waals surface area contributed by atoms with E-state index < -0.39 is 0 Å². The summed E-state index contributed by atoms with van der Waals surface area (Å²) in [5.74, 6) is -0.467. The Kier molecular flexibility index (Phi) is 4.37. The predicted octanol–water partition coefficient (Wildman–Crippen LogP) is 2.03. The molecule has 0 atom stereocenters. The van der Waals surface area contributed by atoms with Crippen molar-refractivity contribution in [2.24, 2.45) is 0 Å². The van der Waals surface area contributed by atoms with Gasteiger partial charge in [-0.3, -0.25) is 4.79 Å². The van der Waals surface area contributed by atoms with Crippen LogP contribution in [0.4, 0.5) is 10.1 Å². The van der Waals surface area contributed by atoms with Gasteiger partial charge < -0.3 is 10.6 Å². The molecule has 0 heterocycles. The zero-order valence-corrected chi connectivity index (χ0v) is 9.07. The molecule has 0 saturated carbocycles. The highest BCUT2D eigenvalue weighted by atomic mass is 35.5. The summed E-state index contributed by atoms with van der Waals surface area (Å²) >= 11 is 5.70. The zero-order valence-electron chi connectivity index (χ0n) is 8.31. The summed E-state index contributed by atoms with van der Waals surface area (Å²) in [6.45, 7) is 2.33. The Balaban J connectivity index is 2.43. The molecule has 0 saturated heterocycles. The van der Waals surface area contributed by atoms with Gasteiger partial charge in [-0.15, -0.1) is 0 Å². The molecular weight excluding hydrogens is 219 g/mol. The standard InChI is InChI=1S/C10H12ClFN2O/c1-7(15)13-4-5-14-10-6-8(11)2-3-9(10)12/h2-3,6,14H,4-5H2,1H3,(H,13,15). The van der Waals surface area contributed by atoms with Gasteiger partial charge in [-0.2, -0.15) is 0 Å². The van der Waals surface area contributed by atoms with E-state index in [0.717, 1.165) is 0 Å². The number of benzene rings is 1. The van der Waals surface area contributed by atoms with Gasteiger partial charge in [0.1, 0.15) is 5.82 Å². The van der Waals surface area contributed by atoms with Crippen LogP contribution in [0.5, 0.6) is 0 Å². The molecule has 0 aliphatic rings. The second kappa shape index (κ2) is 5.56. The first-order valence-electron chi connectivity index (χ1n) is 4.53. The molecule has 0 radical (unpaired) electrons. The minimum absolute atomic E-state index is 0.108. The molecular formula is C10H12ClFN2O. The normalized spacial score (nSPS) is 9.80. The van der Waals surface area contributed by atoms with Crippen LogP contribution in [0, 0.1) is 5.82 Å². The van der Waals surface area contributed by atoms with E-state index in [1.807, 2.05) is 0 Å². The number of carbonyl (C=O) groups excluding carboxylic acids is 1. The highest BCUT2D eigenvalue weighted by Gasteiger charge is 2.01. The van der Waals surface area contributed by atoms with E-state index in [1.165, 1.54) is 25.1 Å². The van der Waals surface area contributed by atoms with Gasteiger partial charge in [-0.25, -0.2) is 4.39 Å². The third kappa shape index (κ3) is 4.16. The van der Waals surface area contributed by atoms with Gasteiger partial charge in [0.05, 0.1) is 5.69 Å². The topological polar surface area (TPSA) is 41.1 Å². The maximum atomic E-state index is 13.1. The molecule has 0 aliphatic heterocycles. The van der Waals surface area contributed by atoms with Crippen molar-refractivity contribution in [1.82, 2.24) is 5.32 Å². The summed E-state index contributed by atoms with van der Waals surface area (Å²) in [5.41, 5.74) is 0.341. The minimum atomic E-state index is -0.359. The van der Waals surface area contributed by atoms with E-state index in [9.17, 15) is 9.18 Å². The van der Waals surface area contributed by atoms with Crippen LogP contribution in [0.1, 0.15) is 6.92 Å². The second-order valence-electron chi connectivity index (χ2n) is 3.03. The Morgan fingerprint density at radius 1 is 1.47 bits per heavy atom. The number of hydrogen-bond donors (Lipinski definition) is 2. The molecule has 1 rings (SSSR count). The lowest BCUT2D eigenvalue weighted by atomic mass is 10.3. The van der Waals surface area contributed by atoms with Crippen molar-refractivity contribution in [3.05, 3.63) is 29.0 Å². The molecule has 3 nitrogen and oxygen atoms in total. The maximum Gasteiger partial charge on any atom is 0.216 e. The Hall–Kier alpha value is -1.29. The highest BCUT2D eigenvalue weighted by molar-refractivity contribution is 6.30. The molecule has 5 heteroatoms. The summed E-state index contributed by atoms with van der Waals surface area (Å²) in [7, 11) is 0. The number of nitrogens with one attached hydrogen (secondary N) is 2. The van der Waals surface area contributed by atoms with Crippen LogP contribution in [0.15, 0.2) is 18.2 Å². The molecule has 0 aliphatic carbocycles. The monoisotopic (exact) mass is 230 g/mol. The molecule has 2 N–H and O–H groups in total. The van der Waals surface area contributed by atoms with Gasteiger partial charge in [0, 0.05) is 25.0 Å². The number of anilines is 1. The molecule has 15 heavy (non-hydrogen) atoms. The zero-order chi connectivity index (χ0) is 11.3. The number of rotatable bonds is 4. The average molecular weight is 231 g/mol. The summed E-state index contributed by atoms with van der Waals surface area (Å²) in [4.78, 5) is 10.5. The van der Waals surface area contributed by atoms with E-state index in [1.54, 1.807) is 0 Å². The molecule has 0 aromatic heterocycles. The van der Waals surface area contributed by atoms with Crippen LogP contribution in [0.25, 0.3) is 0 Å². The van der Waals surface area contributed by atoms with Gasteiger partial charge in [0.2, 0.25) is 5.91 Å². The summed E-state index contributed by atoms with van der Waals surface area (Å²) in [6.07, 6.45) is 0. The van der Waals surface area contributed by atoms with Crippen molar-refractivity contribution in [1.29, 1.82) is 0 Å². The smallest absolute Gasteiger partial charge is 0.216 e. The Morgan fingerprint density at radius 3 is 2.87 bits per heavy atom. The van der Waals surface area contributed by atoms with Crippen molar-refractivity contribution in [2.75, 3.05) is 18.4 Å². The predicted molar refractivity (Wildman–Crippen MR) is 58.6 cm³/mol. The largest absolute Gasteiger partial charge is 0.381 e. The fourth-order valence-electron chi connectivity index (χ4n) is 1.07. The molecule has 0 fully saturated rings. The first kappa shape index (κ1) is 11.8. The van der Waals surface area contributed by atoms with E-state index in [0.29, 0.717) is 23.8 Å². The number of hydrogen-bond acceptors (Lipinski definition) is 2. The van der Waals surface area contributed by atoms with Crippen molar-refractivity contribution in [3.63, 3.8) is 0 Å². The van der Waals surface area contributed by atoms with Crippen LogP contribution < -0.4 is 10.6 Å². The SMILES string of the molecule is CC(=O)NCCNc1cc(Cl)ccc1F. The quantitative estimate of drug-likeness (QED) is 0.778. The van der Waals surface area contributed by atoms with Crippen molar-refractivity contribution >= 4 is 23.2 Å². The van der Waals surface area contributed by atoms with Gasteiger partial charge in [-0.05, 0) is 18.2 Å². The summed E-state index contributed by atoms with van der Waals surface area (Å²) < 4.78 is 13.1. The summed E-state index contributed by atoms with van der Waals surface area (Å²) in [5, 5.41) is 5.90. The third-order valence-electron chi connectivity index (χ3n) is 1.74. The lowest BCUT2D eigenvalue weighted by molar-refractivity contribution is -0.118. The van der Waals surface area contributed by atoms with Gasteiger partial charge in [0.15, 0.2) is 0 Å². The first-order valence-corrected chi connectivity index (χ1v) is 4.91. The minimum Gasteiger partial charge on any atom is -0.381 e. The Bertz CT molecular complexity index is 357. The van der Waals surface area contributed by atoms with Crippen molar-refractivity contribution in [2.45, 2.75) is 6.92 Å². The first-order chi connectivity index (χ1) is 7.09. The number of halogens is 2. The van der Waals surface area contributed by atoms with Crippen LogP contribution in [0.3, 0.4) is 0 Å². The van der Waals surface area contributed by atoms with E-state index >= 15 is 0 Å². The van der Waals surface area contributed by atoms with E-state index in [-0.39, 0.29) is 11.7 Å². The second-order valence-corrected chi connectivity index (χ2v) is 3.47. The Morgan fingerprint density at radius 2 is 2.20 bits per heavy atom. The third-order valence-corrected chi connectivity index (χ3v) is 1.98. The van der Waals surface area contributed by atoms with Crippen LogP contribution in [-0.2, 0) is 4.79 Å². The van der Waals surface area contributed by atoms with E-state index in [2.05, 4.69) is 10.6 Å². The lowest BCUT2D eigenvalue weighted by Crippen LogP contribution is -2.26. The van der Waals surface area contributed by atoms with E-state index in [4.69, 9.17) is 11.6 Å². The lowest BCUT2D eigenvalue weighted by Gasteiger charge is -2.07. The summed E-state index contributed by atoms with van der Waals surface area (Å²) in [6, 6.07) is 4.28. The molecule has 82 valence electrons. The van der Waals surface area contributed by atoms with Crippen molar-refractivity contribution in [3.8, 4) is 0 Å². The van der Waals surface area contributed by atoms with Crippen LogP contribution in [0.2, 0.25) is 5.02 Å². The Labute approximate surface area is 92.6 Å². The molecule has 1 aromatic carbocycles. The van der Waals surface area contributed by atoms with Crippen LogP contribution >= 0.6 is 11.6 Å². The van der Waals surface area contributed by atoms with Gasteiger partial charge in [0.25, 0.3) is 0 Å². The molecule has 0 bridgehead atoms. The average Bonchev–Trinajstić information content (AvgIpc) is 2.17. The highest BCUT2D eigenvalue weighted by Crippen LogP contribution is 2.18. The number of amides is 1. The maximum absolute atomic E-state index is 13.1.